The minimum absolute atomic E-state index is 0.177. The summed E-state index contributed by atoms with van der Waals surface area (Å²) < 4.78 is 11.3. The number of allylic oxidation sites excluding steroid dienone is 3. The fourth-order valence-corrected chi connectivity index (χ4v) is 13.1. The van der Waals surface area contributed by atoms with Gasteiger partial charge in [0.2, 0.25) is 5.91 Å². The summed E-state index contributed by atoms with van der Waals surface area (Å²) >= 11 is 0. The number of aliphatic hydroxyl groups is 5. The van der Waals surface area contributed by atoms with Gasteiger partial charge in [-0.2, -0.15) is 0 Å². The molecule has 0 aromatic heterocycles. The molecule has 0 aromatic rings. The van der Waals surface area contributed by atoms with Crippen LogP contribution in [0.4, 0.5) is 0 Å². The van der Waals surface area contributed by atoms with Crippen LogP contribution in [-0.2, 0) is 14.3 Å². The van der Waals surface area contributed by atoms with E-state index in [1.54, 1.807) is 6.08 Å². The summed E-state index contributed by atoms with van der Waals surface area (Å²) in [5.41, 5.74) is 0. The molecule has 9 nitrogen and oxygen atoms in total. The van der Waals surface area contributed by atoms with Crippen LogP contribution in [-0.4, -0.2) is 87.5 Å². The molecular weight excluding hydrogens is 1090 g/mol. The van der Waals surface area contributed by atoms with Gasteiger partial charge in [0.1, 0.15) is 24.4 Å². The second kappa shape index (κ2) is 68.5. The van der Waals surface area contributed by atoms with Crippen molar-refractivity contribution in [2.45, 2.75) is 461 Å². The number of nitrogens with one attached hydrogen (secondary N) is 1. The van der Waals surface area contributed by atoms with Gasteiger partial charge in [0.15, 0.2) is 6.29 Å². The van der Waals surface area contributed by atoms with E-state index in [1.165, 1.54) is 360 Å². The Morgan fingerprint density at radius 3 is 0.955 bits per heavy atom. The molecule has 0 aromatic carbocycles. The third-order valence-electron chi connectivity index (χ3n) is 19.3. The van der Waals surface area contributed by atoms with E-state index in [2.05, 4.69) is 31.3 Å². The van der Waals surface area contributed by atoms with Crippen molar-refractivity contribution in [3.8, 4) is 0 Å². The molecule has 0 saturated carbocycles. The Bertz CT molecular complexity index is 1440. The fraction of sp³-hybridized carbons (Fsp3) is 0.937. The zero-order chi connectivity index (χ0) is 63.5. The molecule has 1 saturated heterocycles. The van der Waals surface area contributed by atoms with Gasteiger partial charge in [0.05, 0.1) is 25.4 Å². The zero-order valence-corrected chi connectivity index (χ0v) is 58.8. The van der Waals surface area contributed by atoms with Crippen LogP contribution >= 0.6 is 0 Å². The maximum atomic E-state index is 13.2. The van der Waals surface area contributed by atoms with E-state index in [0.717, 1.165) is 38.5 Å². The molecule has 7 unspecified atom stereocenters. The molecule has 522 valence electrons. The van der Waals surface area contributed by atoms with Crippen LogP contribution in [0.15, 0.2) is 24.3 Å². The molecule has 1 heterocycles. The largest absolute Gasteiger partial charge is 0.394 e. The van der Waals surface area contributed by atoms with Crippen LogP contribution < -0.4 is 5.32 Å². The Balaban J connectivity index is 2.05. The van der Waals surface area contributed by atoms with Gasteiger partial charge in [-0.1, -0.05) is 404 Å². The number of carbonyl (C=O) groups excluding carboxylic acids is 1. The number of unbranched alkanes of at least 4 members (excludes halogenated alkanes) is 59. The first kappa shape index (κ1) is 84.7. The normalized spacial score (nSPS) is 17.9. The van der Waals surface area contributed by atoms with E-state index in [4.69, 9.17) is 9.47 Å². The third kappa shape index (κ3) is 56.2. The number of ether oxygens (including phenoxy) is 2. The minimum atomic E-state index is -1.57. The van der Waals surface area contributed by atoms with E-state index >= 15 is 0 Å². The van der Waals surface area contributed by atoms with Crippen LogP contribution in [0.5, 0.6) is 0 Å². The average molecular weight is 1250 g/mol. The predicted molar refractivity (Wildman–Crippen MR) is 378 cm³/mol. The Kier molecular flexibility index (Phi) is 65.9. The summed E-state index contributed by atoms with van der Waals surface area (Å²) in [4.78, 5) is 13.2. The molecule has 1 aliphatic heterocycles. The smallest absolute Gasteiger partial charge is 0.220 e. The summed E-state index contributed by atoms with van der Waals surface area (Å²) in [6.45, 7) is 3.83. The van der Waals surface area contributed by atoms with Crippen LogP contribution in [0.1, 0.15) is 418 Å². The van der Waals surface area contributed by atoms with Crippen molar-refractivity contribution in [3.63, 3.8) is 0 Å². The van der Waals surface area contributed by atoms with Crippen molar-refractivity contribution >= 4 is 5.91 Å². The molecule has 1 rings (SSSR count). The fourth-order valence-electron chi connectivity index (χ4n) is 13.1. The molecule has 9 heteroatoms. The maximum absolute atomic E-state index is 13.2. The monoisotopic (exact) mass is 1240 g/mol. The zero-order valence-electron chi connectivity index (χ0n) is 58.8. The number of carbonyl (C=O) groups is 1. The van der Waals surface area contributed by atoms with E-state index < -0.39 is 49.5 Å². The molecule has 0 spiro atoms. The Hall–Kier alpha value is -1.33. The molecule has 1 amide bonds. The van der Waals surface area contributed by atoms with Crippen LogP contribution in [0.25, 0.3) is 0 Å². The highest BCUT2D eigenvalue weighted by molar-refractivity contribution is 5.76. The molecule has 1 aliphatic rings. The second-order valence-corrected chi connectivity index (χ2v) is 27.9. The van der Waals surface area contributed by atoms with E-state index in [-0.39, 0.29) is 12.5 Å². The molecule has 7 atom stereocenters. The van der Waals surface area contributed by atoms with Crippen LogP contribution in [0.3, 0.4) is 0 Å². The highest BCUT2D eigenvalue weighted by atomic mass is 16.7. The number of hydrogen-bond acceptors (Lipinski definition) is 8. The summed E-state index contributed by atoms with van der Waals surface area (Å²) in [5.74, 6) is -0.177. The maximum Gasteiger partial charge on any atom is 0.220 e. The standard InChI is InChI=1S/C79H153NO8/c1-3-5-7-9-11-13-15-17-19-21-23-25-27-29-31-32-33-34-35-36-37-38-39-40-41-42-43-45-47-49-51-53-55-57-59-61-63-65-67-69-75(83)80-72(71-87-79-78(86)77(85)76(84)74(70-81)88-79)73(82)68-66-64-62-60-58-56-54-52-50-48-46-44-30-28-26-24-22-20-18-16-14-12-10-8-6-4-2/h58,60,66,68,72-74,76-79,81-82,84-86H,3-57,59,61-65,67,69-71H2,1-2H3,(H,80,83)/b60-58+,68-66+. The van der Waals surface area contributed by atoms with Crippen molar-refractivity contribution < 1.29 is 39.8 Å². The number of amides is 1. The molecule has 0 radical (unpaired) electrons. The molecule has 0 bridgehead atoms. The predicted octanol–water partition coefficient (Wildman–Crippen LogP) is 22.4. The van der Waals surface area contributed by atoms with Crippen molar-refractivity contribution in [1.29, 1.82) is 0 Å². The van der Waals surface area contributed by atoms with E-state index in [1.807, 2.05) is 6.08 Å². The lowest BCUT2D eigenvalue weighted by Gasteiger charge is -2.40. The quantitative estimate of drug-likeness (QED) is 0.0261. The van der Waals surface area contributed by atoms with Crippen molar-refractivity contribution in [1.82, 2.24) is 5.32 Å². The lowest BCUT2D eigenvalue weighted by molar-refractivity contribution is -0.302. The van der Waals surface area contributed by atoms with E-state index in [9.17, 15) is 30.3 Å². The Morgan fingerprint density at radius 1 is 0.375 bits per heavy atom. The van der Waals surface area contributed by atoms with Gasteiger partial charge in [0.25, 0.3) is 0 Å². The van der Waals surface area contributed by atoms with E-state index in [0.29, 0.717) is 6.42 Å². The first-order valence-electron chi connectivity index (χ1n) is 39.6. The molecule has 1 fully saturated rings. The first-order valence-corrected chi connectivity index (χ1v) is 39.6. The number of rotatable bonds is 71. The van der Waals surface area contributed by atoms with Crippen LogP contribution in [0, 0.1) is 0 Å². The van der Waals surface area contributed by atoms with Gasteiger partial charge in [-0.15, -0.1) is 0 Å². The highest BCUT2D eigenvalue weighted by Gasteiger charge is 2.44. The Labute approximate surface area is 547 Å². The van der Waals surface area contributed by atoms with Gasteiger partial charge < -0.3 is 40.3 Å². The first-order chi connectivity index (χ1) is 43.3. The van der Waals surface area contributed by atoms with Gasteiger partial charge in [0, 0.05) is 6.42 Å². The van der Waals surface area contributed by atoms with Gasteiger partial charge in [-0.3, -0.25) is 4.79 Å². The Morgan fingerprint density at radius 2 is 0.648 bits per heavy atom. The van der Waals surface area contributed by atoms with Crippen molar-refractivity contribution in [2.75, 3.05) is 13.2 Å². The van der Waals surface area contributed by atoms with Crippen molar-refractivity contribution in [3.05, 3.63) is 24.3 Å². The van der Waals surface area contributed by atoms with Crippen LogP contribution in [0.2, 0.25) is 0 Å². The van der Waals surface area contributed by atoms with Gasteiger partial charge in [-0.25, -0.2) is 0 Å². The minimum Gasteiger partial charge on any atom is -0.394 e. The van der Waals surface area contributed by atoms with Gasteiger partial charge >= 0.3 is 0 Å². The topological polar surface area (TPSA) is 149 Å². The number of aliphatic hydroxyl groups excluding tert-OH is 5. The summed E-state index contributed by atoms with van der Waals surface area (Å²) in [6, 6.07) is -0.821. The summed E-state index contributed by atoms with van der Waals surface area (Å²) in [7, 11) is 0. The van der Waals surface area contributed by atoms with Crippen molar-refractivity contribution in [2.24, 2.45) is 0 Å². The van der Waals surface area contributed by atoms with Gasteiger partial charge in [-0.05, 0) is 32.1 Å². The third-order valence-corrected chi connectivity index (χ3v) is 19.3. The molecule has 0 aliphatic carbocycles. The molecule has 6 N–H and O–H groups in total. The SMILES string of the molecule is CCCCCCCCCCCCCCCCCCCCCC/C=C/CC/C=C/C(O)C(COC1OC(CO)C(O)C(O)C1O)NC(=O)CCCCCCCCCCCCCCCCCCCCCCCCCCCCCCCCCCCCCCCCC. The number of hydrogen-bond donors (Lipinski definition) is 6. The lowest BCUT2D eigenvalue weighted by Crippen LogP contribution is -2.60. The molecule has 88 heavy (non-hydrogen) atoms. The highest BCUT2D eigenvalue weighted by Crippen LogP contribution is 2.24. The summed E-state index contributed by atoms with van der Waals surface area (Å²) in [5, 5.41) is 54.8. The lowest BCUT2D eigenvalue weighted by atomic mass is 9.99. The average Bonchev–Trinajstić information content (AvgIpc) is 3.28. The molecular formula is C79H153NO8. The second-order valence-electron chi connectivity index (χ2n) is 27.9. The summed E-state index contributed by atoms with van der Waals surface area (Å²) in [6.07, 6.45) is 84.9.